The van der Waals surface area contributed by atoms with E-state index in [4.69, 9.17) is 11.6 Å². The van der Waals surface area contributed by atoms with E-state index in [9.17, 15) is 18.3 Å². The van der Waals surface area contributed by atoms with Gasteiger partial charge < -0.3 is 10.0 Å². The highest BCUT2D eigenvalue weighted by atomic mass is 35.5. The SMILES string of the molecule is C[C@@H](Cl)[C@@H]1CN(C(C)(C)C)c2cc(O)c3cccc(C(F)(F)F)c3c21. The molecule has 6 heteroatoms. The molecular weight excluding hydrogens is 351 g/mol. The number of nitrogens with zero attached hydrogens (tertiary/aromatic N) is 1. The Balaban J connectivity index is 2.45. The predicted molar refractivity (Wildman–Crippen MR) is 95.8 cm³/mol. The molecule has 136 valence electrons. The van der Waals surface area contributed by atoms with Gasteiger partial charge in [0.25, 0.3) is 0 Å². The summed E-state index contributed by atoms with van der Waals surface area (Å²) >= 11 is 6.36. The van der Waals surface area contributed by atoms with E-state index in [0.717, 1.165) is 6.07 Å². The van der Waals surface area contributed by atoms with Crippen LogP contribution in [0.15, 0.2) is 24.3 Å². The van der Waals surface area contributed by atoms with Crippen molar-refractivity contribution in [3.63, 3.8) is 0 Å². The largest absolute Gasteiger partial charge is 0.507 e. The zero-order valence-corrected chi connectivity index (χ0v) is 15.3. The van der Waals surface area contributed by atoms with E-state index >= 15 is 0 Å². The maximum absolute atomic E-state index is 13.6. The van der Waals surface area contributed by atoms with Crippen LogP contribution >= 0.6 is 11.6 Å². The first-order valence-corrected chi connectivity index (χ1v) is 8.64. The molecule has 0 aromatic heterocycles. The van der Waals surface area contributed by atoms with Crippen LogP contribution in [0.1, 0.15) is 44.7 Å². The Hall–Kier alpha value is -1.62. The number of halogens is 4. The zero-order valence-electron chi connectivity index (χ0n) is 14.6. The van der Waals surface area contributed by atoms with E-state index in [-0.39, 0.29) is 33.4 Å². The molecule has 3 rings (SSSR count). The highest BCUT2D eigenvalue weighted by Crippen LogP contribution is 2.51. The topological polar surface area (TPSA) is 23.5 Å². The first kappa shape index (κ1) is 18.2. The van der Waals surface area contributed by atoms with Gasteiger partial charge in [0.15, 0.2) is 0 Å². The molecule has 0 spiro atoms. The van der Waals surface area contributed by atoms with E-state index in [1.807, 2.05) is 25.7 Å². The molecule has 25 heavy (non-hydrogen) atoms. The summed E-state index contributed by atoms with van der Waals surface area (Å²) in [6, 6.07) is 5.49. The maximum Gasteiger partial charge on any atom is 0.417 e. The monoisotopic (exact) mass is 371 g/mol. The Labute approximate surface area is 150 Å². The van der Waals surface area contributed by atoms with Crippen LogP contribution in [0.2, 0.25) is 0 Å². The Morgan fingerprint density at radius 3 is 2.40 bits per heavy atom. The van der Waals surface area contributed by atoms with Crippen molar-refractivity contribution in [1.29, 1.82) is 0 Å². The number of hydrogen-bond acceptors (Lipinski definition) is 2. The van der Waals surface area contributed by atoms with Crippen molar-refractivity contribution in [2.24, 2.45) is 0 Å². The lowest BCUT2D eigenvalue weighted by atomic mass is 9.89. The van der Waals surface area contributed by atoms with E-state index < -0.39 is 11.7 Å². The van der Waals surface area contributed by atoms with Crippen molar-refractivity contribution in [1.82, 2.24) is 0 Å². The zero-order chi connectivity index (χ0) is 18.7. The average molecular weight is 372 g/mol. The molecule has 2 aromatic carbocycles. The van der Waals surface area contributed by atoms with Gasteiger partial charge >= 0.3 is 6.18 Å². The minimum Gasteiger partial charge on any atom is -0.507 e. The molecule has 1 aliphatic heterocycles. The Kier molecular flexibility index (Phi) is 4.14. The van der Waals surface area contributed by atoms with Crippen molar-refractivity contribution < 1.29 is 18.3 Å². The number of benzene rings is 2. The molecular formula is C19H21ClF3NO. The van der Waals surface area contributed by atoms with Crippen molar-refractivity contribution in [2.75, 3.05) is 11.4 Å². The number of phenolic OH excluding ortho intramolecular Hbond substituents is 1. The molecule has 1 heterocycles. The summed E-state index contributed by atoms with van der Waals surface area (Å²) in [5.74, 6) is -0.389. The van der Waals surface area contributed by atoms with Gasteiger partial charge in [-0.3, -0.25) is 0 Å². The van der Waals surface area contributed by atoms with Gasteiger partial charge in [-0.2, -0.15) is 13.2 Å². The molecule has 0 saturated heterocycles. The van der Waals surface area contributed by atoms with Crippen LogP contribution in [-0.2, 0) is 6.18 Å². The van der Waals surface area contributed by atoms with Gasteiger partial charge in [-0.1, -0.05) is 12.1 Å². The quantitative estimate of drug-likeness (QED) is 0.631. The normalized spacial score (nSPS) is 19.4. The third-order valence-corrected chi connectivity index (χ3v) is 5.17. The van der Waals surface area contributed by atoms with Crippen LogP contribution in [-0.4, -0.2) is 22.6 Å². The summed E-state index contributed by atoms with van der Waals surface area (Å²) in [4.78, 5) is 2.03. The van der Waals surface area contributed by atoms with Crippen LogP contribution in [0.4, 0.5) is 18.9 Å². The molecule has 0 radical (unpaired) electrons. The first-order chi connectivity index (χ1) is 11.4. The molecule has 1 aliphatic rings. The van der Waals surface area contributed by atoms with Crippen LogP contribution < -0.4 is 4.90 Å². The van der Waals surface area contributed by atoms with Crippen LogP contribution in [0.5, 0.6) is 5.75 Å². The number of fused-ring (bicyclic) bond motifs is 3. The molecule has 0 bridgehead atoms. The van der Waals surface area contributed by atoms with Crippen LogP contribution in [0, 0.1) is 0 Å². The number of phenols is 1. The van der Waals surface area contributed by atoms with E-state index in [1.54, 1.807) is 13.0 Å². The predicted octanol–water partition coefficient (Wildman–Crippen LogP) is 5.89. The first-order valence-electron chi connectivity index (χ1n) is 8.20. The van der Waals surface area contributed by atoms with E-state index in [1.165, 1.54) is 12.1 Å². The lowest BCUT2D eigenvalue weighted by Crippen LogP contribution is -2.41. The number of alkyl halides is 4. The Bertz CT molecular complexity index is 824. The van der Waals surface area contributed by atoms with Crippen molar-refractivity contribution in [3.8, 4) is 5.75 Å². The molecule has 0 aliphatic carbocycles. The fourth-order valence-electron chi connectivity index (χ4n) is 3.70. The summed E-state index contributed by atoms with van der Waals surface area (Å²) in [5.41, 5.74) is 0.183. The molecule has 0 amide bonds. The molecule has 2 atom stereocenters. The molecule has 2 aromatic rings. The Morgan fingerprint density at radius 2 is 1.88 bits per heavy atom. The summed E-state index contributed by atoms with van der Waals surface area (Å²) in [5, 5.41) is 10.4. The van der Waals surface area contributed by atoms with Gasteiger partial charge in [0.05, 0.1) is 5.56 Å². The van der Waals surface area contributed by atoms with Crippen molar-refractivity contribution >= 4 is 28.1 Å². The lowest BCUT2D eigenvalue weighted by Gasteiger charge is -2.35. The summed E-state index contributed by atoms with van der Waals surface area (Å²) < 4.78 is 40.9. The van der Waals surface area contributed by atoms with Gasteiger partial charge in [0, 0.05) is 45.9 Å². The lowest BCUT2D eigenvalue weighted by molar-refractivity contribution is -0.136. The fourth-order valence-corrected chi connectivity index (χ4v) is 3.91. The van der Waals surface area contributed by atoms with E-state index in [2.05, 4.69) is 0 Å². The maximum atomic E-state index is 13.6. The minimum atomic E-state index is -4.50. The summed E-state index contributed by atoms with van der Waals surface area (Å²) in [6.07, 6.45) is -4.50. The number of hydrogen-bond donors (Lipinski definition) is 1. The van der Waals surface area contributed by atoms with Crippen molar-refractivity contribution in [3.05, 3.63) is 35.4 Å². The van der Waals surface area contributed by atoms with Gasteiger partial charge in [-0.15, -0.1) is 11.6 Å². The molecule has 2 nitrogen and oxygen atoms in total. The van der Waals surface area contributed by atoms with Gasteiger partial charge in [-0.25, -0.2) is 0 Å². The number of aromatic hydroxyl groups is 1. The van der Waals surface area contributed by atoms with Gasteiger partial charge in [-0.05, 0) is 39.3 Å². The minimum absolute atomic E-state index is 0.0641. The van der Waals surface area contributed by atoms with Crippen LogP contribution in [0.3, 0.4) is 0 Å². The second-order valence-electron chi connectivity index (χ2n) is 7.62. The third-order valence-electron chi connectivity index (χ3n) is 4.87. The molecule has 0 saturated carbocycles. The highest BCUT2D eigenvalue weighted by molar-refractivity contribution is 6.21. The van der Waals surface area contributed by atoms with Gasteiger partial charge in [0.1, 0.15) is 5.75 Å². The number of anilines is 1. The van der Waals surface area contributed by atoms with Crippen molar-refractivity contribution in [2.45, 2.75) is 50.7 Å². The smallest absolute Gasteiger partial charge is 0.417 e. The second kappa shape index (κ2) is 5.70. The molecule has 0 unspecified atom stereocenters. The number of rotatable bonds is 1. The Morgan fingerprint density at radius 1 is 1.24 bits per heavy atom. The average Bonchev–Trinajstić information content (AvgIpc) is 2.85. The van der Waals surface area contributed by atoms with E-state index in [0.29, 0.717) is 17.8 Å². The molecule has 1 N–H and O–H groups in total. The van der Waals surface area contributed by atoms with Crippen LogP contribution in [0.25, 0.3) is 10.8 Å². The third kappa shape index (κ3) is 2.92. The highest BCUT2D eigenvalue weighted by Gasteiger charge is 2.42. The fraction of sp³-hybridized carbons (Fsp3) is 0.474. The summed E-state index contributed by atoms with van der Waals surface area (Å²) in [7, 11) is 0. The summed E-state index contributed by atoms with van der Waals surface area (Å²) in [6.45, 7) is 8.31. The second-order valence-corrected chi connectivity index (χ2v) is 8.31. The molecule has 0 fully saturated rings. The standard InChI is InChI=1S/C19H21ClF3NO/c1-10(20)12-9-24(18(2,3)4)14-8-15(25)11-6-5-7-13(19(21,22)23)16(11)17(12)14/h5-8,10,12,25H,9H2,1-4H3/t10-,12+/m1/s1. The van der Waals surface area contributed by atoms with Gasteiger partial charge in [0.2, 0.25) is 0 Å².